The van der Waals surface area contributed by atoms with Gasteiger partial charge in [-0.25, -0.2) is 0 Å². The smallest absolute Gasteiger partial charge is 0.253 e. The summed E-state index contributed by atoms with van der Waals surface area (Å²) < 4.78 is 0. The number of aryl methyl sites for hydroxylation is 1. The summed E-state index contributed by atoms with van der Waals surface area (Å²) >= 11 is 0. The zero-order valence-electron chi connectivity index (χ0n) is 12.0. The van der Waals surface area contributed by atoms with E-state index in [-0.39, 0.29) is 11.7 Å². The first-order valence-electron chi connectivity index (χ1n) is 7.13. The third-order valence-electron chi connectivity index (χ3n) is 3.76. The van der Waals surface area contributed by atoms with Crippen LogP contribution in [0.1, 0.15) is 22.3 Å². The van der Waals surface area contributed by atoms with Gasteiger partial charge in [0.1, 0.15) is 5.75 Å². The normalized spacial score (nSPS) is 17.0. The van der Waals surface area contributed by atoms with E-state index < -0.39 is 0 Å². The van der Waals surface area contributed by atoms with Crippen LogP contribution >= 0.6 is 0 Å². The molecule has 0 unspecified atom stereocenters. The molecule has 0 bridgehead atoms. The monoisotopic (exact) mass is 277 g/mol. The highest BCUT2D eigenvalue weighted by Crippen LogP contribution is 2.18. The Hall–Kier alpha value is -1.59. The van der Waals surface area contributed by atoms with Crippen molar-refractivity contribution in [3.63, 3.8) is 0 Å². The lowest BCUT2D eigenvalue weighted by Crippen LogP contribution is -2.36. The lowest BCUT2D eigenvalue weighted by atomic mass is 10.1. The van der Waals surface area contributed by atoms with Gasteiger partial charge in [-0.1, -0.05) is 0 Å². The Bertz CT molecular complexity index is 476. The van der Waals surface area contributed by atoms with Crippen molar-refractivity contribution < 1.29 is 9.90 Å². The third kappa shape index (κ3) is 3.49. The van der Waals surface area contributed by atoms with Gasteiger partial charge in [0.2, 0.25) is 0 Å². The van der Waals surface area contributed by atoms with Crippen molar-refractivity contribution in [1.29, 1.82) is 0 Å². The zero-order chi connectivity index (χ0) is 14.5. The average Bonchev–Trinajstić information content (AvgIpc) is 2.67. The Balaban J connectivity index is 2.03. The Morgan fingerprint density at radius 3 is 2.80 bits per heavy atom. The second-order valence-electron chi connectivity index (χ2n) is 5.28. The standard InChI is InChI=1S/C15H23N3O2/c1-12-11-13(3-4-14(12)19)15(20)18-7-2-6-17(8-5-16)9-10-18/h3-4,11,19H,2,5-10,16H2,1H3. The maximum atomic E-state index is 12.5. The first kappa shape index (κ1) is 14.8. The number of phenolic OH excluding ortho intramolecular Hbond substituents is 1. The quantitative estimate of drug-likeness (QED) is 0.857. The summed E-state index contributed by atoms with van der Waals surface area (Å²) in [7, 11) is 0. The molecule has 20 heavy (non-hydrogen) atoms. The molecule has 1 fully saturated rings. The molecule has 1 saturated heterocycles. The van der Waals surface area contributed by atoms with Crippen LogP contribution in [0.4, 0.5) is 0 Å². The molecule has 110 valence electrons. The molecular formula is C15H23N3O2. The SMILES string of the molecule is Cc1cc(C(=O)N2CCCN(CCN)CC2)ccc1O. The maximum Gasteiger partial charge on any atom is 0.253 e. The van der Waals surface area contributed by atoms with Gasteiger partial charge >= 0.3 is 0 Å². The van der Waals surface area contributed by atoms with Crippen molar-refractivity contribution in [2.75, 3.05) is 39.3 Å². The molecule has 0 atom stereocenters. The molecule has 1 aromatic rings. The van der Waals surface area contributed by atoms with Crippen LogP contribution < -0.4 is 5.73 Å². The van der Waals surface area contributed by atoms with Crippen LogP contribution in [-0.2, 0) is 0 Å². The minimum absolute atomic E-state index is 0.0442. The van der Waals surface area contributed by atoms with Gasteiger partial charge in [-0.2, -0.15) is 0 Å². The topological polar surface area (TPSA) is 69.8 Å². The first-order valence-corrected chi connectivity index (χ1v) is 7.13. The van der Waals surface area contributed by atoms with Crippen molar-refractivity contribution in [1.82, 2.24) is 9.80 Å². The third-order valence-corrected chi connectivity index (χ3v) is 3.76. The number of phenols is 1. The summed E-state index contributed by atoms with van der Waals surface area (Å²) in [6, 6.07) is 5.02. The average molecular weight is 277 g/mol. The van der Waals surface area contributed by atoms with E-state index in [9.17, 15) is 9.90 Å². The van der Waals surface area contributed by atoms with E-state index in [1.54, 1.807) is 25.1 Å². The fraction of sp³-hybridized carbons (Fsp3) is 0.533. The second kappa shape index (κ2) is 6.72. The molecule has 0 spiro atoms. The molecular weight excluding hydrogens is 254 g/mol. The molecule has 0 saturated carbocycles. The van der Waals surface area contributed by atoms with Crippen LogP contribution in [0.5, 0.6) is 5.75 Å². The summed E-state index contributed by atoms with van der Waals surface area (Å²) in [5.74, 6) is 0.272. The highest BCUT2D eigenvalue weighted by molar-refractivity contribution is 5.94. The molecule has 0 radical (unpaired) electrons. The fourth-order valence-corrected chi connectivity index (χ4v) is 2.55. The van der Waals surface area contributed by atoms with Gasteiger partial charge in [0.15, 0.2) is 0 Å². The highest BCUT2D eigenvalue weighted by Gasteiger charge is 2.20. The molecule has 5 nitrogen and oxygen atoms in total. The van der Waals surface area contributed by atoms with Crippen LogP contribution in [0.25, 0.3) is 0 Å². The van der Waals surface area contributed by atoms with E-state index in [2.05, 4.69) is 4.90 Å². The maximum absolute atomic E-state index is 12.5. The molecule has 1 aliphatic rings. The Morgan fingerprint density at radius 2 is 2.10 bits per heavy atom. The minimum Gasteiger partial charge on any atom is -0.508 e. The van der Waals surface area contributed by atoms with Gasteiger partial charge < -0.3 is 20.6 Å². The van der Waals surface area contributed by atoms with Crippen LogP contribution in [-0.4, -0.2) is 60.1 Å². The first-order chi connectivity index (χ1) is 9.61. The Morgan fingerprint density at radius 1 is 1.30 bits per heavy atom. The summed E-state index contributed by atoms with van der Waals surface area (Å²) in [6.07, 6.45) is 0.975. The number of hydrogen-bond acceptors (Lipinski definition) is 4. The Labute approximate surface area is 120 Å². The highest BCUT2D eigenvalue weighted by atomic mass is 16.3. The molecule has 3 N–H and O–H groups in total. The van der Waals surface area contributed by atoms with E-state index in [0.717, 1.165) is 44.7 Å². The number of carbonyl (C=O) groups excluding carboxylic acids is 1. The number of benzene rings is 1. The number of carbonyl (C=O) groups is 1. The van der Waals surface area contributed by atoms with Crippen LogP contribution in [0, 0.1) is 6.92 Å². The van der Waals surface area contributed by atoms with E-state index in [4.69, 9.17) is 5.73 Å². The van der Waals surface area contributed by atoms with E-state index in [0.29, 0.717) is 12.1 Å². The molecule has 0 aromatic heterocycles. The second-order valence-corrected chi connectivity index (χ2v) is 5.28. The van der Waals surface area contributed by atoms with E-state index in [1.807, 2.05) is 4.90 Å². The van der Waals surface area contributed by atoms with E-state index >= 15 is 0 Å². The summed E-state index contributed by atoms with van der Waals surface area (Å²) in [5.41, 5.74) is 6.96. The molecule has 1 aromatic carbocycles. The number of nitrogens with zero attached hydrogens (tertiary/aromatic N) is 2. The largest absolute Gasteiger partial charge is 0.508 e. The molecule has 1 heterocycles. The van der Waals surface area contributed by atoms with Crippen molar-refractivity contribution in [3.05, 3.63) is 29.3 Å². The van der Waals surface area contributed by atoms with Crippen molar-refractivity contribution in [3.8, 4) is 5.75 Å². The van der Waals surface area contributed by atoms with Gasteiger partial charge in [0, 0.05) is 38.3 Å². The van der Waals surface area contributed by atoms with Crippen LogP contribution in [0.15, 0.2) is 18.2 Å². The number of rotatable bonds is 3. The predicted molar refractivity (Wildman–Crippen MR) is 78.9 cm³/mol. The van der Waals surface area contributed by atoms with Crippen molar-refractivity contribution in [2.24, 2.45) is 5.73 Å². The lowest BCUT2D eigenvalue weighted by molar-refractivity contribution is 0.0761. The molecule has 1 aliphatic heterocycles. The molecule has 5 heteroatoms. The summed E-state index contributed by atoms with van der Waals surface area (Å²) in [6.45, 7) is 6.73. The zero-order valence-corrected chi connectivity index (χ0v) is 12.0. The number of nitrogens with two attached hydrogens (primary N) is 1. The van der Waals surface area contributed by atoms with Crippen LogP contribution in [0.2, 0.25) is 0 Å². The van der Waals surface area contributed by atoms with Crippen molar-refractivity contribution in [2.45, 2.75) is 13.3 Å². The summed E-state index contributed by atoms with van der Waals surface area (Å²) in [4.78, 5) is 16.7. The fourth-order valence-electron chi connectivity index (χ4n) is 2.55. The Kier molecular flexibility index (Phi) is 4.98. The predicted octanol–water partition coefficient (Wildman–Crippen LogP) is 0.807. The van der Waals surface area contributed by atoms with Gasteiger partial charge in [0.05, 0.1) is 0 Å². The number of aromatic hydroxyl groups is 1. The number of hydrogen-bond donors (Lipinski definition) is 2. The lowest BCUT2D eigenvalue weighted by Gasteiger charge is -2.22. The van der Waals surface area contributed by atoms with E-state index in [1.165, 1.54) is 0 Å². The van der Waals surface area contributed by atoms with Crippen molar-refractivity contribution >= 4 is 5.91 Å². The number of amides is 1. The minimum atomic E-state index is 0.0442. The van der Waals surface area contributed by atoms with Gasteiger partial charge in [-0.3, -0.25) is 4.79 Å². The summed E-state index contributed by atoms with van der Waals surface area (Å²) in [5, 5.41) is 9.53. The molecule has 1 amide bonds. The van der Waals surface area contributed by atoms with Gasteiger partial charge in [0.25, 0.3) is 5.91 Å². The molecule has 2 rings (SSSR count). The van der Waals surface area contributed by atoms with Crippen LogP contribution in [0.3, 0.4) is 0 Å². The molecule has 0 aliphatic carbocycles. The van der Waals surface area contributed by atoms with Gasteiger partial charge in [-0.15, -0.1) is 0 Å². The van der Waals surface area contributed by atoms with Gasteiger partial charge in [-0.05, 0) is 43.7 Å².